The van der Waals surface area contributed by atoms with Gasteiger partial charge in [-0.1, -0.05) is 27.7 Å². The Morgan fingerprint density at radius 2 is 1.70 bits per heavy atom. The monoisotopic (exact) mass is 320 g/mol. The molecular weight excluding hydrogens is 296 g/mol. The Kier molecular flexibility index (Phi) is 5.90. The first-order valence-corrected chi connectivity index (χ1v) is 7.42. The summed E-state index contributed by atoms with van der Waals surface area (Å²) in [6.45, 7) is 7.21. The molecule has 0 aliphatic carbocycles. The van der Waals surface area contributed by atoms with Crippen molar-refractivity contribution in [2.45, 2.75) is 27.7 Å². The number of urea groups is 1. The molecule has 1 atom stereocenters. The number of nitrogens with one attached hydrogen (secondary N) is 1. The standard InChI is InChI=1S/C17H24N2O4/c1-11(15(21)22)10-19(5)16(23)18-13-8-6-12(7-9-13)14(20)17(2,3)4/h6-9,11H,10H2,1-5H3,(H,18,23)(H,21,22). The van der Waals surface area contributed by atoms with Crippen molar-refractivity contribution in [1.29, 1.82) is 0 Å². The number of hydrogen-bond donors (Lipinski definition) is 2. The number of carboxylic acid groups (broad SMARTS) is 1. The fourth-order valence-corrected chi connectivity index (χ4v) is 1.93. The summed E-state index contributed by atoms with van der Waals surface area (Å²) >= 11 is 0. The molecule has 0 aliphatic heterocycles. The molecule has 0 heterocycles. The van der Waals surface area contributed by atoms with E-state index in [0.29, 0.717) is 11.3 Å². The van der Waals surface area contributed by atoms with Gasteiger partial charge in [-0.3, -0.25) is 9.59 Å². The first-order valence-electron chi connectivity index (χ1n) is 7.42. The van der Waals surface area contributed by atoms with Crippen LogP contribution in [-0.4, -0.2) is 41.4 Å². The predicted molar refractivity (Wildman–Crippen MR) is 88.7 cm³/mol. The number of Topliss-reactive ketones (excluding diaryl/α,β-unsaturated/α-hetero) is 1. The van der Waals surface area contributed by atoms with Crippen LogP contribution in [0.3, 0.4) is 0 Å². The molecule has 0 saturated heterocycles. The van der Waals surface area contributed by atoms with E-state index >= 15 is 0 Å². The molecule has 2 amide bonds. The molecule has 126 valence electrons. The van der Waals surface area contributed by atoms with Crippen LogP contribution < -0.4 is 5.32 Å². The van der Waals surface area contributed by atoms with Gasteiger partial charge >= 0.3 is 12.0 Å². The number of amides is 2. The molecule has 23 heavy (non-hydrogen) atoms. The van der Waals surface area contributed by atoms with E-state index in [0.717, 1.165) is 0 Å². The average Bonchev–Trinajstić information content (AvgIpc) is 2.46. The highest BCUT2D eigenvalue weighted by atomic mass is 16.4. The van der Waals surface area contributed by atoms with Gasteiger partial charge in [0, 0.05) is 30.3 Å². The molecule has 0 bridgehead atoms. The highest BCUT2D eigenvalue weighted by Crippen LogP contribution is 2.22. The Morgan fingerprint density at radius 3 is 2.13 bits per heavy atom. The third-order valence-electron chi connectivity index (χ3n) is 3.40. The fourth-order valence-electron chi connectivity index (χ4n) is 1.93. The maximum atomic E-state index is 12.1. The molecule has 0 aliphatic rings. The number of carbonyl (C=O) groups excluding carboxylic acids is 2. The first kappa shape index (κ1) is 18.7. The molecule has 6 nitrogen and oxygen atoms in total. The second-order valence-electron chi connectivity index (χ2n) is 6.71. The maximum absolute atomic E-state index is 12.1. The zero-order valence-corrected chi connectivity index (χ0v) is 14.2. The van der Waals surface area contributed by atoms with Crippen molar-refractivity contribution < 1.29 is 19.5 Å². The number of anilines is 1. The summed E-state index contributed by atoms with van der Waals surface area (Å²) in [6.07, 6.45) is 0. The number of hydrogen-bond acceptors (Lipinski definition) is 3. The van der Waals surface area contributed by atoms with Crippen LogP contribution >= 0.6 is 0 Å². The second-order valence-corrected chi connectivity index (χ2v) is 6.71. The number of rotatable bonds is 5. The Labute approximate surface area is 136 Å². The van der Waals surface area contributed by atoms with Gasteiger partial charge in [0.1, 0.15) is 0 Å². The number of carbonyl (C=O) groups is 3. The number of carboxylic acids is 1. The highest BCUT2D eigenvalue weighted by molar-refractivity contribution is 6.00. The van der Waals surface area contributed by atoms with Crippen molar-refractivity contribution in [3.8, 4) is 0 Å². The number of ketones is 1. The summed E-state index contributed by atoms with van der Waals surface area (Å²) in [5, 5.41) is 11.5. The summed E-state index contributed by atoms with van der Waals surface area (Å²) in [4.78, 5) is 36.3. The van der Waals surface area contributed by atoms with Crippen LogP contribution in [0.4, 0.5) is 10.5 Å². The van der Waals surface area contributed by atoms with Crippen molar-refractivity contribution in [2.24, 2.45) is 11.3 Å². The first-order chi connectivity index (χ1) is 10.5. The molecular formula is C17H24N2O4. The molecule has 1 unspecified atom stereocenters. The van der Waals surface area contributed by atoms with Gasteiger partial charge in [0.05, 0.1) is 5.92 Å². The molecule has 1 aromatic rings. The summed E-state index contributed by atoms with van der Waals surface area (Å²) in [5.41, 5.74) is 0.677. The van der Waals surface area contributed by atoms with Crippen molar-refractivity contribution >= 4 is 23.5 Å². The molecule has 0 radical (unpaired) electrons. The summed E-state index contributed by atoms with van der Waals surface area (Å²) in [7, 11) is 1.53. The minimum atomic E-state index is -0.949. The molecule has 6 heteroatoms. The van der Waals surface area contributed by atoms with Crippen LogP contribution in [0.1, 0.15) is 38.1 Å². The summed E-state index contributed by atoms with van der Waals surface area (Å²) in [5.74, 6) is -1.56. The van der Waals surface area contributed by atoms with E-state index in [4.69, 9.17) is 5.11 Å². The zero-order valence-electron chi connectivity index (χ0n) is 14.2. The minimum absolute atomic E-state index is 0.0303. The smallest absolute Gasteiger partial charge is 0.321 e. The van der Waals surface area contributed by atoms with Crippen molar-refractivity contribution in [2.75, 3.05) is 18.9 Å². The Balaban J connectivity index is 2.70. The fraction of sp³-hybridized carbons (Fsp3) is 0.471. The van der Waals surface area contributed by atoms with Crippen LogP contribution in [-0.2, 0) is 4.79 Å². The van der Waals surface area contributed by atoms with E-state index in [9.17, 15) is 14.4 Å². The lowest BCUT2D eigenvalue weighted by molar-refractivity contribution is -0.141. The van der Waals surface area contributed by atoms with Crippen LogP contribution in [0.25, 0.3) is 0 Å². The van der Waals surface area contributed by atoms with Gasteiger partial charge in [0.2, 0.25) is 0 Å². The third kappa shape index (κ3) is 5.39. The SMILES string of the molecule is CC(CN(C)C(=O)Nc1ccc(C(=O)C(C)(C)C)cc1)C(=O)O. The summed E-state index contributed by atoms with van der Waals surface area (Å²) < 4.78 is 0. The largest absolute Gasteiger partial charge is 0.481 e. The van der Waals surface area contributed by atoms with Gasteiger partial charge in [-0.05, 0) is 24.3 Å². The highest BCUT2D eigenvalue weighted by Gasteiger charge is 2.23. The van der Waals surface area contributed by atoms with Gasteiger partial charge in [-0.2, -0.15) is 0 Å². The van der Waals surface area contributed by atoms with E-state index in [2.05, 4.69) is 5.32 Å². The van der Waals surface area contributed by atoms with E-state index in [-0.39, 0.29) is 12.3 Å². The third-order valence-corrected chi connectivity index (χ3v) is 3.40. The molecule has 1 rings (SSSR count). The van der Waals surface area contributed by atoms with Crippen LogP contribution in [0, 0.1) is 11.3 Å². The number of nitrogens with zero attached hydrogens (tertiary/aromatic N) is 1. The molecule has 1 aromatic carbocycles. The quantitative estimate of drug-likeness (QED) is 0.816. The number of benzene rings is 1. The topological polar surface area (TPSA) is 86.7 Å². The Bertz CT molecular complexity index is 588. The molecule has 0 spiro atoms. The van der Waals surface area contributed by atoms with Gasteiger partial charge < -0.3 is 15.3 Å². The average molecular weight is 320 g/mol. The minimum Gasteiger partial charge on any atom is -0.481 e. The maximum Gasteiger partial charge on any atom is 0.321 e. The van der Waals surface area contributed by atoms with Crippen molar-refractivity contribution in [3.05, 3.63) is 29.8 Å². The number of aliphatic carboxylic acids is 1. The van der Waals surface area contributed by atoms with Gasteiger partial charge in [0.25, 0.3) is 0 Å². The van der Waals surface area contributed by atoms with Crippen LogP contribution in [0.2, 0.25) is 0 Å². The van der Waals surface area contributed by atoms with Crippen LogP contribution in [0.5, 0.6) is 0 Å². The Morgan fingerprint density at radius 1 is 1.17 bits per heavy atom. The Hall–Kier alpha value is -2.37. The van der Waals surface area contributed by atoms with E-state index in [1.807, 2.05) is 20.8 Å². The molecule has 0 fully saturated rings. The van der Waals surface area contributed by atoms with Crippen LogP contribution in [0.15, 0.2) is 24.3 Å². The lowest BCUT2D eigenvalue weighted by atomic mass is 9.86. The van der Waals surface area contributed by atoms with Crippen molar-refractivity contribution in [1.82, 2.24) is 4.90 Å². The normalized spacial score (nSPS) is 12.4. The predicted octanol–water partition coefficient (Wildman–Crippen LogP) is 3.10. The van der Waals surface area contributed by atoms with Gasteiger partial charge in [-0.25, -0.2) is 4.79 Å². The molecule has 2 N–H and O–H groups in total. The lowest BCUT2D eigenvalue weighted by Crippen LogP contribution is -2.36. The van der Waals surface area contributed by atoms with E-state index < -0.39 is 23.3 Å². The van der Waals surface area contributed by atoms with E-state index in [1.165, 1.54) is 11.9 Å². The van der Waals surface area contributed by atoms with Gasteiger partial charge in [0.15, 0.2) is 5.78 Å². The summed E-state index contributed by atoms with van der Waals surface area (Å²) in [6, 6.07) is 6.26. The molecule has 0 aromatic heterocycles. The lowest BCUT2D eigenvalue weighted by Gasteiger charge is -2.20. The second kappa shape index (κ2) is 7.26. The zero-order chi connectivity index (χ0) is 17.8. The van der Waals surface area contributed by atoms with Gasteiger partial charge in [-0.15, -0.1) is 0 Å². The van der Waals surface area contributed by atoms with Crippen molar-refractivity contribution in [3.63, 3.8) is 0 Å². The van der Waals surface area contributed by atoms with E-state index in [1.54, 1.807) is 31.2 Å². The molecule has 0 saturated carbocycles.